The van der Waals surface area contributed by atoms with Crippen molar-refractivity contribution in [3.8, 4) is 0 Å². The van der Waals surface area contributed by atoms with Crippen LogP contribution >= 0.6 is 0 Å². The molecule has 0 saturated heterocycles. The zero-order valence-corrected chi connectivity index (χ0v) is 6.03. The number of hydrogen-bond donors (Lipinski definition) is 2. The first-order chi connectivity index (χ1) is 5.11. The van der Waals surface area contributed by atoms with Crippen molar-refractivity contribution in [2.75, 3.05) is 5.73 Å². The van der Waals surface area contributed by atoms with Crippen molar-refractivity contribution >= 4 is 11.7 Å². The van der Waals surface area contributed by atoms with E-state index in [-0.39, 0.29) is 11.5 Å². The quantitative estimate of drug-likeness (QED) is 0.565. The Bertz CT molecular complexity index is 297. The summed E-state index contributed by atoms with van der Waals surface area (Å²) in [7, 11) is 0. The second kappa shape index (κ2) is 2.53. The average molecular weight is 152 g/mol. The van der Waals surface area contributed by atoms with Gasteiger partial charge in [0.05, 0.1) is 5.69 Å². The molecule has 0 aromatic carbocycles. The van der Waals surface area contributed by atoms with Crippen LogP contribution in [0.3, 0.4) is 0 Å². The molecule has 1 heterocycles. The highest BCUT2D eigenvalue weighted by Crippen LogP contribution is 2.03. The lowest BCUT2D eigenvalue weighted by Gasteiger charge is -1.98. The van der Waals surface area contributed by atoms with Crippen LogP contribution < -0.4 is 11.5 Å². The lowest BCUT2D eigenvalue weighted by molar-refractivity contribution is 0.0996. The molecule has 5 nitrogen and oxygen atoms in total. The summed E-state index contributed by atoms with van der Waals surface area (Å²) in [5.74, 6) is -0.576. The topological polar surface area (TPSA) is 94.9 Å². The molecule has 0 bridgehead atoms. The van der Waals surface area contributed by atoms with Gasteiger partial charge in [-0.3, -0.25) is 4.79 Å². The summed E-state index contributed by atoms with van der Waals surface area (Å²) in [6.07, 6.45) is 1.44. The third-order valence-corrected chi connectivity index (χ3v) is 1.15. The highest BCUT2D eigenvalue weighted by molar-refractivity contribution is 5.94. The molecular weight excluding hydrogens is 144 g/mol. The van der Waals surface area contributed by atoms with Gasteiger partial charge in [0, 0.05) is 6.20 Å². The van der Waals surface area contributed by atoms with Gasteiger partial charge in [-0.05, 0) is 6.92 Å². The number of nitrogens with two attached hydrogens (primary N) is 2. The Morgan fingerprint density at radius 3 is 2.73 bits per heavy atom. The van der Waals surface area contributed by atoms with Crippen LogP contribution in [0.4, 0.5) is 5.82 Å². The van der Waals surface area contributed by atoms with Gasteiger partial charge < -0.3 is 11.5 Å². The highest BCUT2D eigenvalue weighted by atomic mass is 16.1. The lowest BCUT2D eigenvalue weighted by atomic mass is 10.4. The van der Waals surface area contributed by atoms with Gasteiger partial charge in [0.2, 0.25) is 0 Å². The van der Waals surface area contributed by atoms with Crippen molar-refractivity contribution in [3.63, 3.8) is 0 Å². The smallest absolute Gasteiger partial charge is 0.271 e. The Hall–Kier alpha value is -1.65. The third-order valence-electron chi connectivity index (χ3n) is 1.15. The number of nitrogens with zero attached hydrogens (tertiary/aromatic N) is 2. The van der Waals surface area contributed by atoms with E-state index in [4.69, 9.17) is 11.5 Å². The van der Waals surface area contributed by atoms with E-state index in [0.29, 0.717) is 5.69 Å². The number of amides is 1. The number of hydrogen-bond acceptors (Lipinski definition) is 4. The molecule has 4 N–H and O–H groups in total. The van der Waals surface area contributed by atoms with E-state index >= 15 is 0 Å². The minimum absolute atomic E-state index is 0.0237. The molecule has 1 aromatic rings. The van der Waals surface area contributed by atoms with E-state index in [0.717, 1.165) is 0 Å². The summed E-state index contributed by atoms with van der Waals surface area (Å²) in [6.45, 7) is 1.73. The van der Waals surface area contributed by atoms with Gasteiger partial charge in [-0.1, -0.05) is 0 Å². The summed E-state index contributed by atoms with van der Waals surface area (Å²) in [4.78, 5) is 18.1. The molecule has 11 heavy (non-hydrogen) atoms. The molecule has 1 amide bonds. The fourth-order valence-electron chi connectivity index (χ4n) is 0.686. The summed E-state index contributed by atoms with van der Waals surface area (Å²) in [6, 6.07) is 0. The molecule has 0 radical (unpaired) electrons. The Morgan fingerprint density at radius 2 is 2.27 bits per heavy atom. The van der Waals surface area contributed by atoms with Gasteiger partial charge in [0.25, 0.3) is 5.91 Å². The van der Waals surface area contributed by atoms with Crippen LogP contribution in [-0.2, 0) is 0 Å². The molecule has 0 atom stereocenters. The van der Waals surface area contributed by atoms with Crippen molar-refractivity contribution in [2.24, 2.45) is 5.73 Å². The van der Waals surface area contributed by atoms with E-state index in [2.05, 4.69) is 9.97 Å². The molecule has 1 aromatic heterocycles. The average Bonchev–Trinajstić information content (AvgIpc) is 1.85. The first kappa shape index (κ1) is 7.46. The highest BCUT2D eigenvalue weighted by Gasteiger charge is 2.07. The Kier molecular flexibility index (Phi) is 1.72. The minimum atomic E-state index is -0.657. The van der Waals surface area contributed by atoms with Crippen LogP contribution in [0.25, 0.3) is 0 Å². The monoisotopic (exact) mass is 152 g/mol. The molecule has 5 heteroatoms. The number of anilines is 1. The zero-order chi connectivity index (χ0) is 8.43. The van der Waals surface area contributed by atoms with Crippen LogP contribution in [0.1, 0.15) is 16.2 Å². The van der Waals surface area contributed by atoms with Crippen LogP contribution in [-0.4, -0.2) is 15.9 Å². The van der Waals surface area contributed by atoms with Crippen LogP contribution in [0.15, 0.2) is 6.20 Å². The second-order valence-electron chi connectivity index (χ2n) is 2.11. The zero-order valence-electron chi connectivity index (χ0n) is 6.03. The van der Waals surface area contributed by atoms with Crippen LogP contribution in [0.5, 0.6) is 0 Å². The van der Waals surface area contributed by atoms with E-state index in [9.17, 15) is 4.79 Å². The SMILES string of the molecule is Cc1cnc(C(N)=O)c(N)n1. The van der Waals surface area contributed by atoms with Gasteiger partial charge in [-0.25, -0.2) is 9.97 Å². The maximum absolute atomic E-state index is 10.6. The largest absolute Gasteiger partial charge is 0.382 e. The maximum atomic E-state index is 10.6. The molecule has 0 aliphatic heterocycles. The van der Waals surface area contributed by atoms with Crippen molar-refractivity contribution in [1.29, 1.82) is 0 Å². The molecule has 58 valence electrons. The number of aryl methyl sites for hydroxylation is 1. The van der Waals surface area contributed by atoms with Gasteiger partial charge in [0.1, 0.15) is 0 Å². The van der Waals surface area contributed by atoms with E-state index in [1.807, 2.05) is 0 Å². The molecule has 0 unspecified atom stereocenters. The van der Waals surface area contributed by atoms with Gasteiger partial charge in [0.15, 0.2) is 11.5 Å². The van der Waals surface area contributed by atoms with Gasteiger partial charge >= 0.3 is 0 Å². The fourth-order valence-corrected chi connectivity index (χ4v) is 0.686. The van der Waals surface area contributed by atoms with Crippen molar-refractivity contribution in [3.05, 3.63) is 17.6 Å². The molecule has 0 spiro atoms. The fraction of sp³-hybridized carbons (Fsp3) is 0.167. The number of aromatic nitrogens is 2. The standard InChI is InChI=1S/C6H8N4O/c1-3-2-9-4(6(8)11)5(7)10-3/h2H,1H3,(H2,7,10)(H2,8,11). The van der Waals surface area contributed by atoms with Crippen molar-refractivity contribution < 1.29 is 4.79 Å². The molecule has 1 rings (SSSR count). The summed E-state index contributed by atoms with van der Waals surface area (Å²) in [5, 5.41) is 0. The van der Waals surface area contributed by atoms with E-state index in [1.165, 1.54) is 6.20 Å². The maximum Gasteiger partial charge on any atom is 0.271 e. The number of carbonyl (C=O) groups is 1. The van der Waals surface area contributed by atoms with Gasteiger partial charge in [-0.2, -0.15) is 0 Å². The second-order valence-corrected chi connectivity index (χ2v) is 2.11. The molecular formula is C6H8N4O. The van der Waals surface area contributed by atoms with Crippen molar-refractivity contribution in [2.45, 2.75) is 6.92 Å². The first-order valence-electron chi connectivity index (χ1n) is 3.00. The minimum Gasteiger partial charge on any atom is -0.382 e. The van der Waals surface area contributed by atoms with Crippen molar-refractivity contribution in [1.82, 2.24) is 9.97 Å². The number of nitrogen functional groups attached to an aromatic ring is 1. The summed E-state index contributed by atoms with van der Waals surface area (Å²) >= 11 is 0. The Labute approximate surface area is 63.4 Å². The normalized spacial score (nSPS) is 9.55. The number of rotatable bonds is 1. The summed E-state index contributed by atoms with van der Waals surface area (Å²) < 4.78 is 0. The van der Waals surface area contributed by atoms with E-state index < -0.39 is 5.91 Å². The molecule has 0 fully saturated rings. The lowest BCUT2D eigenvalue weighted by Crippen LogP contribution is -2.16. The molecule has 0 aliphatic carbocycles. The predicted molar refractivity (Wildman–Crippen MR) is 39.7 cm³/mol. The van der Waals surface area contributed by atoms with E-state index in [1.54, 1.807) is 6.92 Å². The first-order valence-corrected chi connectivity index (χ1v) is 3.00. The third kappa shape index (κ3) is 1.43. The number of primary amides is 1. The summed E-state index contributed by atoms with van der Waals surface area (Å²) in [5.41, 5.74) is 11.0. The Morgan fingerprint density at radius 1 is 1.64 bits per heavy atom. The molecule has 0 saturated carbocycles. The van der Waals surface area contributed by atoms with Gasteiger partial charge in [-0.15, -0.1) is 0 Å². The molecule has 0 aliphatic rings. The Balaban J connectivity index is 3.20. The number of carbonyl (C=O) groups excluding carboxylic acids is 1. The predicted octanol–water partition coefficient (Wildman–Crippen LogP) is -0.534. The van der Waals surface area contributed by atoms with Crippen LogP contribution in [0.2, 0.25) is 0 Å². The van der Waals surface area contributed by atoms with Crippen LogP contribution in [0, 0.1) is 6.92 Å².